The first-order valence-electron chi connectivity index (χ1n) is 7.36. The smallest absolute Gasteiger partial charge is 0.258 e. The molecule has 8 heteroatoms. The summed E-state index contributed by atoms with van der Waals surface area (Å²) in [5.41, 5.74) is 0.914. The fourth-order valence-electron chi connectivity index (χ4n) is 2.43. The first-order chi connectivity index (χ1) is 10.7. The molecule has 5 nitrogen and oxygen atoms in total. The van der Waals surface area contributed by atoms with Crippen molar-refractivity contribution in [3.05, 3.63) is 48.0 Å². The zero-order chi connectivity index (χ0) is 15.4. The quantitative estimate of drug-likeness (QED) is 0.891. The molecule has 0 unspecified atom stereocenters. The number of hydrogen-bond donors (Lipinski definition) is 1. The van der Waals surface area contributed by atoms with Crippen LogP contribution in [0.3, 0.4) is 0 Å². The van der Waals surface area contributed by atoms with Crippen LogP contribution in [0.15, 0.2) is 36.7 Å². The van der Waals surface area contributed by atoms with Gasteiger partial charge in [0.15, 0.2) is 0 Å². The van der Waals surface area contributed by atoms with Gasteiger partial charge in [0.05, 0.1) is 5.56 Å². The van der Waals surface area contributed by atoms with Crippen molar-refractivity contribution in [3.8, 4) is 0 Å². The maximum Gasteiger partial charge on any atom is 0.258 e. The van der Waals surface area contributed by atoms with Crippen LogP contribution in [0.2, 0.25) is 0 Å². The Morgan fingerprint density at radius 1 is 1.00 bits per heavy atom. The lowest BCUT2D eigenvalue weighted by Gasteiger charge is -2.26. The Hall–Kier alpha value is -1.92. The molecule has 0 radical (unpaired) electrons. The molecule has 0 saturated carbocycles. The second kappa shape index (κ2) is 9.39. The summed E-state index contributed by atoms with van der Waals surface area (Å²) in [6.45, 7) is 1.92. The number of aromatic nitrogens is 2. The average molecular weight is 373 g/mol. The Kier molecular flexibility index (Phi) is 7.88. The lowest BCUT2D eigenvalue weighted by molar-refractivity contribution is 0.102. The molecular formula is C16H19Cl2FN4O. The molecule has 24 heavy (non-hydrogen) atoms. The number of carbonyl (C=O) groups is 1. The van der Waals surface area contributed by atoms with Crippen LogP contribution in [0.1, 0.15) is 29.6 Å². The van der Waals surface area contributed by atoms with Gasteiger partial charge in [0.25, 0.3) is 5.91 Å². The zero-order valence-electron chi connectivity index (χ0n) is 12.9. The van der Waals surface area contributed by atoms with Gasteiger partial charge >= 0.3 is 0 Å². The van der Waals surface area contributed by atoms with Gasteiger partial charge in [0, 0.05) is 31.2 Å². The summed E-state index contributed by atoms with van der Waals surface area (Å²) in [6, 6.07) is 5.61. The second-order valence-electron chi connectivity index (χ2n) is 5.28. The first kappa shape index (κ1) is 20.1. The Labute approximate surface area is 152 Å². The van der Waals surface area contributed by atoms with Gasteiger partial charge < -0.3 is 10.2 Å². The molecule has 3 rings (SSSR count). The molecule has 0 spiro atoms. The van der Waals surface area contributed by atoms with Gasteiger partial charge in [-0.05, 0) is 43.5 Å². The minimum Gasteiger partial charge on any atom is -0.341 e. The molecule has 130 valence electrons. The lowest BCUT2D eigenvalue weighted by Crippen LogP contribution is -2.31. The fourth-order valence-corrected chi connectivity index (χ4v) is 2.43. The van der Waals surface area contributed by atoms with E-state index in [1.807, 2.05) is 0 Å². The highest BCUT2D eigenvalue weighted by atomic mass is 35.5. The highest BCUT2D eigenvalue weighted by Crippen LogP contribution is 2.15. The summed E-state index contributed by atoms with van der Waals surface area (Å²) < 4.78 is 12.8. The Balaban J connectivity index is 0.00000144. The van der Waals surface area contributed by atoms with Gasteiger partial charge in [-0.3, -0.25) is 4.79 Å². The third kappa shape index (κ3) is 5.04. The predicted octanol–water partition coefficient (Wildman–Crippen LogP) is 3.70. The van der Waals surface area contributed by atoms with Crippen LogP contribution >= 0.6 is 24.8 Å². The first-order valence-corrected chi connectivity index (χ1v) is 7.36. The van der Waals surface area contributed by atoms with Crippen molar-refractivity contribution in [3.63, 3.8) is 0 Å². The number of halogens is 3. The molecular weight excluding hydrogens is 354 g/mol. The van der Waals surface area contributed by atoms with Crippen molar-refractivity contribution in [2.45, 2.75) is 19.3 Å². The largest absolute Gasteiger partial charge is 0.341 e. The number of nitrogens with one attached hydrogen (secondary N) is 1. The standard InChI is InChI=1S/C16H17FN4O.2ClH/c17-13-4-6-14(7-5-13)20-15(22)12-10-18-16(19-11-12)21-8-2-1-3-9-21;;/h4-7,10-11H,1-3,8-9H2,(H,20,22);2*1H. The van der Waals surface area contributed by atoms with E-state index in [4.69, 9.17) is 0 Å². The summed E-state index contributed by atoms with van der Waals surface area (Å²) in [7, 11) is 0. The maximum atomic E-state index is 12.8. The third-order valence-corrected chi connectivity index (χ3v) is 3.64. The van der Waals surface area contributed by atoms with Gasteiger partial charge in [-0.15, -0.1) is 24.8 Å². The van der Waals surface area contributed by atoms with E-state index in [1.54, 1.807) is 0 Å². The van der Waals surface area contributed by atoms with Gasteiger partial charge in [-0.1, -0.05) is 0 Å². The molecule has 0 bridgehead atoms. The lowest BCUT2D eigenvalue weighted by atomic mass is 10.1. The molecule has 2 heterocycles. The van der Waals surface area contributed by atoms with Crippen LogP contribution in [-0.2, 0) is 0 Å². The monoisotopic (exact) mass is 372 g/mol. The molecule has 1 N–H and O–H groups in total. The van der Waals surface area contributed by atoms with Gasteiger partial charge in [0.2, 0.25) is 5.95 Å². The van der Waals surface area contributed by atoms with E-state index in [1.165, 1.54) is 43.1 Å². The van der Waals surface area contributed by atoms with Crippen LogP contribution in [0.4, 0.5) is 16.0 Å². The summed E-state index contributed by atoms with van der Waals surface area (Å²) in [4.78, 5) is 22.8. The highest BCUT2D eigenvalue weighted by Gasteiger charge is 2.14. The van der Waals surface area contributed by atoms with Crippen molar-refractivity contribution in [1.29, 1.82) is 0 Å². The summed E-state index contributed by atoms with van der Waals surface area (Å²) >= 11 is 0. The number of benzene rings is 1. The molecule has 1 fully saturated rings. The number of piperidine rings is 1. The molecule has 1 aromatic heterocycles. The molecule has 0 aliphatic carbocycles. The van der Waals surface area contributed by atoms with E-state index < -0.39 is 0 Å². The molecule has 1 aliphatic rings. The topological polar surface area (TPSA) is 58.1 Å². The number of anilines is 2. The van der Waals surface area contributed by atoms with Crippen molar-refractivity contribution in [1.82, 2.24) is 9.97 Å². The van der Waals surface area contributed by atoms with Gasteiger partial charge in [0.1, 0.15) is 5.82 Å². The number of carbonyl (C=O) groups excluding carboxylic acids is 1. The summed E-state index contributed by atoms with van der Waals surface area (Å²) in [5, 5.41) is 2.69. The van der Waals surface area contributed by atoms with Crippen molar-refractivity contribution in [2.75, 3.05) is 23.3 Å². The number of amides is 1. The van der Waals surface area contributed by atoms with Crippen molar-refractivity contribution < 1.29 is 9.18 Å². The molecule has 1 aromatic carbocycles. The van der Waals surface area contributed by atoms with E-state index in [-0.39, 0.29) is 36.5 Å². The molecule has 0 atom stereocenters. The molecule has 1 saturated heterocycles. The van der Waals surface area contributed by atoms with E-state index in [0.717, 1.165) is 25.9 Å². The second-order valence-corrected chi connectivity index (χ2v) is 5.28. The zero-order valence-corrected chi connectivity index (χ0v) is 14.6. The molecule has 2 aromatic rings. The van der Waals surface area contributed by atoms with E-state index >= 15 is 0 Å². The van der Waals surface area contributed by atoms with E-state index in [2.05, 4.69) is 20.2 Å². The SMILES string of the molecule is Cl.Cl.O=C(Nc1ccc(F)cc1)c1cnc(N2CCCCC2)nc1. The van der Waals surface area contributed by atoms with Gasteiger partial charge in [-0.25, -0.2) is 14.4 Å². The normalized spacial score (nSPS) is 13.5. The Morgan fingerprint density at radius 2 is 1.58 bits per heavy atom. The van der Waals surface area contributed by atoms with E-state index in [9.17, 15) is 9.18 Å². The van der Waals surface area contributed by atoms with Crippen LogP contribution in [0, 0.1) is 5.82 Å². The minimum absolute atomic E-state index is 0. The van der Waals surface area contributed by atoms with Crippen LogP contribution in [0.5, 0.6) is 0 Å². The Bertz CT molecular complexity index is 646. The van der Waals surface area contributed by atoms with Crippen molar-refractivity contribution in [2.24, 2.45) is 0 Å². The summed E-state index contributed by atoms with van der Waals surface area (Å²) in [6.07, 6.45) is 6.59. The number of nitrogens with zero attached hydrogens (tertiary/aromatic N) is 3. The average Bonchev–Trinajstić information content (AvgIpc) is 2.58. The molecule has 1 amide bonds. The predicted molar refractivity (Wildman–Crippen MR) is 96.9 cm³/mol. The van der Waals surface area contributed by atoms with Crippen LogP contribution in [0.25, 0.3) is 0 Å². The molecule has 1 aliphatic heterocycles. The maximum absolute atomic E-state index is 12.8. The highest BCUT2D eigenvalue weighted by molar-refractivity contribution is 6.03. The van der Waals surface area contributed by atoms with Gasteiger partial charge in [-0.2, -0.15) is 0 Å². The minimum atomic E-state index is -0.341. The number of rotatable bonds is 3. The fraction of sp³-hybridized carbons (Fsp3) is 0.312. The van der Waals surface area contributed by atoms with Crippen molar-refractivity contribution >= 4 is 42.4 Å². The number of hydrogen-bond acceptors (Lipinski definition) is 4. The summed E-state index contributed by atoms with van der Waals surface area (Å²) in [5.74, 6) is 0.0158. The Morgan fingerprint density at radius 3 is 2.17 bits per heavy atom. The van der Waals surface area contributed by atoms with Crippen LogP contribution < -0.4 is 10.2 Å². The third-order valence-electron chi connectivity index (χ3n) is 3.64. The van der Waals surface area contributed by atoms with Crippen LogP contribution in [-0.4, -0.2) is 29.0 Å². The van der Waals surface area contributed by atoms with E-state index in [0.29, 0.717) is 17.2 Å².